The summed E-state index contributed by atoms with van der Waals surface area (Å²) in [5, 5.41) is 13.6. The SMILES string of the molecule is CCCC/C=C\CCCCCCCC(=O)NC(COP(=O)(O)OCC[N+](C)(C)C)C(O)/C=C/CC/C=C/CCCC. The molecule has 0 aliphatic rings. The van der Waals surface area contributed by atoms with Gasteiger partial charge in [0.25, 0.3) is 0 Å². The maximum atomic E-state index is 12.6. The molecule has 0 rings (SSSR count). The molecule has 0 saturated heterocycles. The number of aliphatic hydroxyl groups is 1. The second-order valence-electron chi connectivity index (χ2n) is 11.8. The summed E-state index contributed by atoms with van der Waals surface area (Å²) in [6, 6.07) is -0.860. The number of unbranched alkanes of at least 4 members (excludes halogenated alkanes) is 10. The fourth-order valence-electron chi connectivity index (χ4n) is 3.90. The van der Waals surface area contributed by atoms with Gasteiger partial charge in [-0.3, -0.25) is 13.8 Å². The van der Waals surface area contributed by atoms with Crippen LogP contribution in [0.1, 0.15) is 110 Å². The highest BCUT2D eigenvalue weighted by Crippen LogP contribution is 2.43. The van der Waals surface area contributed by atoms with Crippen molar-refractivity contribution < 1.29 is 32.9 Å². The van der Waals surface area contributed by atoms with Crippen molar-refractivity contribution in [2.45, 2.75) is 122 Å². The quantitative estimate of drug-likeness (QED) is 0.0397. The fraction of sp³-hybridized carbons (Fsp3) is 0.781. The van der Waals surface area contributed by atoms with Crippen LogP contribution in [-0.4, -0.2) is 73.4 Å². The maximum Gasteiger partial charge on any atom is 0.472 e. The Bertz CT molecular complexity index is 779. The zero-order valence-electron chi connectivity index (χ0n) is 26.8. The molecule has 41 heavy (non-hydrogen) atoms. The molecule has 3 unspecified atom stereocenters. The van der Waals surface area contributed by atoms with Crippen LogP contribution in [0, 0.1) is 0 Å². The van der Waals surface area contributed by atoms with Crippen LogP contribution in [0.4, 0.5) is 0 Å². The van der Waals surface area contributed by atoms with Crippen molar-refractivity contribution in [2.24, 2.45) is 0 Å². The molecule has 0 bridgehead atoms. The minimum Gasteiger partial charge on any atom is -0.387 e. The Morgan fingerprint density at radius 2 is 1.34 bits per heavy atom. The lowest BCUT2D eigenvalue weighted by molar-refractivity contribution is -0.870. The summed E-state index contributed by atoms with van der Waals surface area (Å²) in [5.74, 6) is -0.206. The molecule has 0 saturated carbocycles. The van der Waals surface area contributed by atoms with Crippen LogP contribution in [0.2, 0.25) is 0 Å². The van der Waals surface area contributed by atoms with Crippen LogP contribution in [0.3, 0.4) is 0 Å². The third-order valence-corrected chi connectivity index (χ3v) is 7.57. The first kappa shape index (κ1) is 39.7. The highest BCUT2D eigenvalue weighted by molar-refractivity contribution is 7.47. The molecular formula is C32H62N2O6P+. The number of carbonyl (C=O) groups excluding carboxylic acids is 1. The predicted molar refractivity (Wildman–Crippen MR) is 171 cm³/mol. The molecule has 0 aliphatic heterocycles. The lowest BCUT2D eigenvalue weighted by Crippen LogP contribution is -2.45. The van der Waals surface area contributed by atoms with Crippen molar-refractivity contribution in [1.29, 1.82) is 0 Å². The lowest BCUT2D eigenvalue weighted by atomic mass is 10.1. The molecule has 0 aromatic carbocycles. The first-order valence-electron chi connectivity index (χ1n) is 15.9. The summed E-state index contributed by atoms with van der Waals surface area (Å²) in [6.45, 7) is 4.62. The van der Waals surface area contributed by atoms with E-state index >= 15 is 0 Å². The monoisotopic (exact) mass is 601 g/mol. The van der Waals surface area contributed by atoms with E-state index in [1.165, 1.54) is 32.1 Å². The standard InChI is InChI=1S/C32H61N2O6P/c1-6-8-10-12-14-16-17-18-20-22-24-26-32(36)33-30(29-40-41(37,38)39-28-27-34(3,4)5)31(35)25-23-21-19-15-13-11-9-7-2/h12-15,23,25,30-31,35H,6-11,16-22,24,26-29H2,1-5H3,(H-,33,36,37,38)/p+1/b14-12-,15-13+,25-23+. The second-order valence-corrected chi connectivity index (χ2v) is 13.3. The van der Waals surface area contributed by atoms with E-state index in [-0.39, 0.29) is 19.1 Å². The summed E-state index contributed by atoms with van der Waals surface area (Å²) in [5.41, 5.74) is 0. The third kappa shape index (κ3) is 27.3. The van der Waals surface area contributed by atoms with Crippen LogP contribution in [-0.2, 0) is 18.4 Å². The zero-order chi connectivity index (χ0) is 30.8. The van der Waals surface area contributed by atoms with Gasteiger partial charge in [0.1, 0.15) is 13.2 Å². The normalized spacial score (nSPS) is 15.6. The van der Waals surface area contributed by atoms with Gasteiger partial charge in [0.15, 0.2) is 0 Å². The molecule has 0 aromatic heterocycles. The number of rotatable bonds is 27. The van der Waals surface area contributed by atoms with Crippen molar-refractivity contribution >= 4 is 13.7 Å². The van der Waals surface area contributed by atoms with E-state index in [1.54, 1.807) is 6.08 Å². The molecule has 0 spiro atoms. The minimum absolute atomic E-state index is 0.0533. The summed E-state index contributed by atoms with van der Waals surface area (Å²) in [4.78, 5) is 22.7. The smallest absolute Gasteiger partial charge is 0.387 e. The minimum atomic E-state index is -4.32. The van der Waals surface area contributed by atoms with Gasteiger partial charge < -0.3 is 19.8 Å². The highest BCUT2D eigenvalue weighted by atomic mass is 31.2. The van der Waals surface area contributed by atoms with E-state index in [4.69, 9.17) is 9.05 Å². The molecule has 0 fully saturated rings. The van der Waals surface area contributed by atoms with Crippen LogP contribution in [0.5, 0.6) is 0 Å². The van der Waals surface area contributed by atoms with Gasteiger partial charge in [-0.25, -0.2) is 4.57 Å². The van der Waals surface area contributed by atoms with E-state index in [9.17, 15) is 19.4 Å². The van der Waals surface area contributed by atoms with Crippen LogP contribution < -0.4 is 5.32 Å². The number of allylic oxidation sites excluding steroid dienone is 5. The van der Waals surface area contributed by atoms with Crippen LogP contribution in [0.25, 0.3) is 0 Å². The number of likely N-dealkylation sites (N-methyl/N-ethyl adjacent to an activating group) is 1. The highest BCUT2D eigenvalue weighted by Gasteiger charge is 2.27. The Hall–Kier alpha value is -1.28. The largest absolute Gasteiger partial charge is 0.472 e. The number of carbonyl (C=O) groups is 1. The lowest BCUT2D eigenvalue weighted by Gasteiger charge is -2.25. The first-order valence-corrected chi connectivity index (χ1v) is 17.4. The molecule has 8 nitrogen and oxygen atoms in total. The molecule has 9 heteroatoms. The van der Waals surface area contributed by atoms with Gasteiger partial charge >= 0.3 is 7.82 Å². The average molecular weight is 602 g/mol. The number of nitrogens with one attached hydrogen (secondary N) is 1. The fourth-order valence-corrected chi connectivity index (χ4v) is 4.64. The Labute approximate surface area is 251 Å². The van der Waals surface area contributed by atoms with Gasteiger partial charge in [-0.1, -0.05) is 95.2 Å². The second kappa shape index (κ2) is 25.2. The van der Waals surface area contributed by atoms with E-state index < -0.39 is 20.0 Å². The van der Waals surface area contributed by atoms with Crippen molar-refractivity contribution in [2.75, 3.05) is 40.9 Å². The van der Waals surface area contributed by atoms with Crippen molar-refractivity contribution in [3.05, 3.63) is 36.5 Å². The van der Waals surface area contributed by atoms with Gasteiger partial charge in [0.2, 0.25) is 5.91 Å². The Morgan fingerprint density at radius 1 is 0.805 bits per heavy atom. The van der Waals surface area contributed by atoms with Crippen molar-refractivity contribution in [3.63, 3.8) is 0 Å². The topological polar surface area (TPSA) is 105 Å². The van der Waals surface area contributed by atoms with E-state index in [2.05, 4.69) is 43.5 Å². The molecule has 1 amide bonds. The Kier molecular flexibility index (Phi) is 24.5. The number of hydrogen-bond acceptors (Lipinski definition) is 5. The zero-order valence-corrected chi connectivity index (χ0v) is 27.7. The van der Waals surface area contributed by atoms with Crippen LogP contribution in [0.15, 0.2) is 36.5 Å². The molecule has 0 heterocycles. The van der Waals surface area contributed by atoms with Crippen LogP contribution >= 0.6 is 7.82 Å². The molecule has 0 aromatic rings. The third-order valence-electron chi connectivity index (χ3n) is 6.58. The number of hydrogen-bond donors (Lipinski definition) is 3. The summed E-state index contributed by atoms with van der Waals surface area (Å²) in [6.07, 6.45) is 26.5. The first-order chi connectivity index (χ1) is 19.5. The Morgan fingerprint density at radius 3 is 1.95 bits per heavy atom. The average Bonchev–Trinajstić information content (AvgIpc) is 2.90. The molecule has 0 aliphatic carbocycles. The molecule has 0 radical (unpaired) electrons. The van der Waals surface area contributed by atoms with Gasteiger partial charge in [-0.05, 0) is 44.9 Å². The van der Waals surface area contributed by atoms with E-state index in [0.717, 1.165) is 57.8 Å². The number of quaternary nitrogens is 1. The summed E-state index contributed by atoms with van der Waals surface area (Å²) >= 11 is 0. The van der Waals surface area contributed by atoms with Gasteiger partial charge in [-0.15, -0.1) is 0 Å². The summed E-state index contributed by atoms with van der Waals surface area (Å²) < 4.78 is 23.2. The number of phosphoric acid groups is 1. The van der Waals surface area contributed by atoms with Crippen molar-refractivity contribution in [3.8, 4) is 0 Å². The Balaban J connectivity index is 4.69. The maximum absolute atomic E-state index is 12.6. The van der Waals surface area contributed by atoms with Gasteiger partial charge in [-0.2, -0.15) is 0 Å². The molecule has 3 N–H and O–H groups in total. The number of nitrogens with zero attached hydrogens (tertiary/aromatic N) is 1. The molecular weight excluding hydrogens is 539 g/mol. The van der Waals surface area contributed by atoms with E-state index in [1.807, 2.05) is 27.2 Å². The number of amides is 1. The number of aliphatic hydroxyl groups excluding tert-OH is 1. The van der Waals surface area contributed by atoms with E-state index in [0.29, 0.717) is 17.4 Å². The number of phosphoric ester groups is 1. The molecule has 240 valence electrons. The van der Waals surface area contributed by atoms with Gasteiger partial charge in [0, 0.05) is 6.42 Å². The van der Waals surface area contributed by atoms with Crippen molar-refractivity contribution in [1.82, 2.24) is 5.32 Å². The summed E-state index contributed by atoms with van der Waals surface area (Å²) in [7, 11) is 1.54. The molecule has 3 atom stereocenters. The predicted octanol–water partition coefficient (Wildman–Crippen LogP) is 7.23. The van der Waals surface area contributed by atoms with Gasteiger partial charge in [0.05, 0.1) is 39.9 Å².